The molecule has 18 heavy (non-hydrogen) atoms. The molecule has 1 N–H and O–H groups in total. The van der Waals surface area contributed by atoms with Crippen molar-refractivity contribution in [3.8, 4) is 0 Å². The molecule has 0 radical (unpaired) electrons. The van der Waals surface area contributed by atoms with Gasteiger partial charge in [-0.2, -0.15) is 0 Å². The van der Waals surface area contributed by atoms with Crippen LogP contribution >= 0.6 is 0 Å². The Hall–Kier alpha value is -0.980. The molecule has 0 saturated carbocycles. The van der Waals surface area contributed by atoms with Crippen LogP contribution in [0.25, 0.3) is 0 Å². The van der Waals surface area contributed by atoms with Crippen molar-refractivity contribution in [2.45, 2.75) is 31.8 Å². The van der Waals surface area contributed by atoms with E-state index in [2.05, 4.69) is 15.6 Å². The monoisotopic (exact) mass is 254 g/mol. The summed E-state index contributed by atoms with van der Waals surface area (Å²) in [6.45, 7) is 3.86. The van der Waals surface area contributed by atoms with Gasteiger partial charge in [-0.05, 0) is 19.9 Å². The van der Waals surface area contributed by atoms with Crippen molar-refractivity contribution in [2.75, 3.05) is 34.0 Å². The minimum Gasteiger partial charge on any atom is -0.383 e. The molecule has 2 heterocycles. The number of rotatable bonds is 6. The quantitative estimate of drug-likeness (QED) is 0.803. The van der Waals surface area contributed by atoms with Gasteiger partial charge in [0.1, 0.15) is 0 Å². The van der Waals surface area contributed by atoms with Gasteiger partial charge >= 0.3 is 0 Å². The molecule has 0 unspecified atom stereocenters. The fraction of sp³-hybridized carbons (Fsp3) is 0.833. The van der Waals surface area contributed by atoms with E-state index in [0.29, 0.717) is 12.5 Å². The second kappa shape index (κ2) is 6.82. The lowest BCUT2D eigenvalue weighted by Crippen LogP contribution is -2.21. The van der Waals surface area contributed by atoms with Gasteiger partial charge in [0.05, 0.1) is 24.5 Å². The van der Waals surface area contributed by atoms with Crippen LogP contribution in [0.4, 0.5) is 0 Å². The van der Waals surface area contributed by atoms with Crippen LogP contribution < -0.4 is 5.32 Å². The van der Waals surface area contributed by atoms with Gasteiger partial charge in [-0.3, -0.25) is 0 Å². The molecule has 6 nitrogen and oxygen atoms in total. The number of hydrogen-bond donors (Lipinski definition) is 1. The van der Waals surface area contributed by atoms with Gasteiger partial charge in [0, 0.05) is 32.8 Å². The van der Waals surface area contributed by atoms with E-state index >= 15 is 0 Å². The summed E-state index contributed by atoms with van der Waals surface area (Å²) in [5, 5.41) is 11.7. The molecule has 2 rings (SSSR count). The first-order chi connectivity index (χ1) is 8.86. The topological polar surface area (TPSA) is 61.2 Å². The molecule has 1 fully saturated rings. The third kappa shape index (κ3) is 3.07. The van der Waals surface area contributed by atoms with Crippen molar-refractivity contribution < 1.29 is 9.47 Å². The fourth-order valence-electron chi connectivity index (χ4n) is 2.41. The van der Waals surface area contributed by atoms with Gasteiger partial charge in [-0.1, -0.05) is 5.21 Å². The van der Waals surface area contributed by atoms with Crippen LogP contribution in [-0.4, -0.2) is 49.0 Å². The van der Waals surface area contributed by atoms with Crippen LogP contribution in [0.5, 0.6) is 0 Å². The van der Waals surface area contributed by atoms with Crippen LogP contribution in [0.15, 0.2) is 0 Å². The smallest absolute Gasteiger partial charge is 0.0999 e. The minimum absolute atomic E-state index is 0.508. The second-order valence-corrected chi connectivity index (χ2v) is 4.55. The molecule has 1 aromatic heterocycles. The van der Waals surface area contributed by atoms with Crippen molar-refractivity contribution in [1.29, 1.82) is 0 Å². The maximum atomic E-state index is 5.43. The van der Waals surface area contributed by atoms with Crippen LogP contribution in [0.3, 0.4) is 0 Å². The molecule has 1 aliphatic heterocycles. The molecule has 0 atom stereocenters. The Morgan fingerprint density at radius 1 is 1.44 bits per heavy atom. The van der Waals surface area contributed by atoms with Crippen LogP contribution in [0, 0.1) is 0 Å². The predicted octanol–water partition coefficient (Wildman–Crippen LogP) is 0.538. The Bertz CT molecular complexity index is 361. The number of methoxy groups -OCH3 is 1. The van der Waals surface area contributed by atoms with E-state index in [9.17, 15) is 0 Å². The Labute approximate surface area is 108 Å². The third-order valence-corrected chi connectivity index (χ3v) is 3.31. The Kier molecular flexibility index (Phi) is 5.10. The average molecular weight is 254 g/mol. The Morgan fingerprint density at radius 3 is 2.89 bits per heavy atom. The largest absolute Gasteiger partial charge is 0.383 e. The summed E-state index contributed by atoms with van der Waals surface area (Å²) in [7, 11) is 3.64. The third-order valence-electron chi connectivity index (χ3n) is 3.31. The first kappa shape index (κ1) is 13.5. The lowest BCUT2D eigenvalue weighted by molar-refractivity contribution is 0.0827. The van der Waals surface area contributed by atoms with Gasteiger partial charge in [0.15, 0.2) is 0 Å². The van der Waals surface area contributed by atoms with Gasteiger partial charge in [-0.15, -0.1) is 5.10 Å². The highest BCUT2D eigenvalue weighted by Crippen LogP contribution is 2.28. The van der Waals surface area contributed by atoms with E-state index in [4.69, 9.17) is 9.47 Å². The summed E-state index contributed by atoms with van der Waals surface area (Å²) in [5.41, 5.74) is 2.31. The highest BCUT2D eigenvalue weighted by Gasteiger charge is 2.24. The van der Waals surface area contributed by atoms with Gasteiger partial charge < -0.3 is 14.8 Å². The zero-order valence-corrected chi connectivity index (χ0v) is 11.2. The number of hydrogen-bond acceptors (Lipinski definition) is 5. The molecule has 1 saturated heterocycles. The molecule has 1 aliphatic rings. The van der Waals surface area contributed by atoms with Crippen molar-refractivity contribution in [3.63, 3.8) is 0 Å². The number of nitrogens with one attached hydrogen (secondary N) is 1. The van der Waals surface area contributed by atoms with Crippen molar-refractivity contribution in [2.24, 2.45) is 0 Å². The van der Waals surface area contributed by atoms with Crippen molar-refractivity contribution >= 4 is 0 Å². The summed E-state index contributed by atoms with van der Waals surface area (Å²) in [6.07, 6.45) is 2.11. The van der Waals surface area contributed by atoms with Gasteiger partial charge in [-0.25, -0.2) is 4.68 Å². The predicted molar refractivity (Wildman–Crippen MR) is 67.5 cm³/mol. The summed E-state index contributed by atoms with van der Waals surface area (Å²) >= 11 is 0. The van der Waals surface area contributed by atoms with Crippen LogP contribution in [-0.2, 0) is 22.6 Å². The number of aromatic nitrogens is 3. The van der Waals surface area contributed by atoms with Crippen molar-refractivity contribution in [1.82, 2.24) is 20.3 Å². The Balaban J connectivity index is 2.18. The van der Waals surface area contributed by atoms with Crippen LogP contribution in [0.1, 0.15) is 30.1 Å². The summed E-state index contributed by atoms with van der Waals surface area (Å²) < 4.78 is 12.5. The lowest BCUT2D eigenvalue weighted by atomic mass is 9.94. The number of nitrogens with zero attached hydrogens (tertiary/aromatic N) is 3. The van der Waals surface area contributed by atoms with Crippen molar-refractivity contribution in [3.05, 3.63) is 11.4 Å². The molecule has 1 aromatic rings. The SMILES string of the molecule is CNCc1nnn(CCOC)c1C1CCOCC1. The van der Waals surface area contributed by atoms with E-state index in [1.807, 2.05) is 11.7 Å². The molecule has 0 amide bonds. The molecular formula is C12H22N4O2. The van der Waals surface area contributed by atoms with E-state index in [-0.39, 0.29) is 0 Å². The summed E-state index contributed by atoms with van der Waals surface area (Å²) in [4.78, 5) is 0. The second-order valence-electron chi connectivity index (χ2n) is 4.55. The molecular weight excluding hydrogens is 232 g/mol. The molecule has 0 bridgehead atoms. The highest BCUT2D eigenvalue weighted by molar-refractivity contribution is 5.16. The molecule has 102 valence electrons. The van der Waals surface area contributed by atoms with Gasteiger partial charge in [0.25, 0.3) is 0 Å². The summed E-state index contributed by atoms with van der Waals surface area (Å²) in [6, 6.07) is 0. The van der Waals surface area contributed by atoms with Crippen LogP contribution in [0.2, 0.25) is 0 Å². The first-order valence-corrected chi connectivity index (χ1v) is 6.50. The summed E-state index contributed by atoms with van der Waals surface area (Å²) in [5.74, 6) is 0.508. The zero-order valence-electron chi connectivity index (χ0n) is 11.2. The molecule has 0 spiro atoms. The molecule has 0 aromatic carbocycles. The zero-order chi connectivity index (χ0) is 12.8. The minimum atomic E-state index is 0.508. The molecule has 6 heteroatoms. The lowest BCUT2D eigenvalue weighted by Gasteiger charge is -2.23. The maximum absolute atomic E-state index is 5.43. The molecule has 0 aliphatic carbocycles. The fourth-order valence-corrected chi connectivity index (χ4v) is 2.41. The first-order valence-electron chi connectivity index (χ1n) is 6.50. The van der Waals surface area contributed by atoms with E-state index < -0.39 is 0 Å². The average Bonchev–Trinajstić information content (AvgIpc) is 2.81. The highest BCUT2D eigenvalue weighted by atomic mass is 16.5. The van der Waals surface area contributed by atoms with E-state index in [1.165, 1.54) is 5.69 Å². The number of ether oxygens (including phenoxy) is 2. The standard InChI is InChI=1S/C12H22N4O2/c1-13-9-11-12(10-3-6-18-7-4-10)16(15-14-11)5-8-17-2/h10,13H,3-9H2,1-2H3. The maximum Gasteiger partial charge on any atom is 0.0999 e. The van der Waals surface area contributed by atoms with E-state index in [0.717, 1.165) is 44.8 Å². The van der Waals surface area contributed by atoms with Gasteiger partial charge in [0.2, 0.25) is 0 Å². The Morgan fingerprint density at radius 2 is 2.22 bits per heavy atom. The normalized spacial score (nSPS) is 17.2. The van der Waals surface area contributed by atoms with E-state index in [1.54, 1.807) is 7.11 Å².